The van der Waals surface area contributed by atoms with Gasteiger partial charge in [-0.2, -0.15) is 0 Å². The summed E-state index contributed by atoms with van der Waals surface area (Å²) < 4.78 is 1.46. The first kappa shape index (κ1) is 21.0. The minimum Gasteiger partial charge on any atom is -0.493 e. The van der Waals surface area contributed by atoms with Crippen molar-refractivity contribution in [2.45, 2.75) is 77.4 Å². The number of hydrogen-bond acceptors (Lipinski definition) is 4. The van der Waals surface area contributed by atoms with Crippen LogP contribution < -0.4 is 5.69 Å². The number of carboxylic acid groups (broad SMARTS) is 1. The van der Waals surface area contributed by atoms with Crippen molar-refractivity contribution in [2.24, 2.45) is 0 Å². The Kier molecular flexibility index (Phi) is 9.69. The SMILES string of the molecule is CCCCCC(O)CCn1c(CC=CCCCC(=O)O)c(O)[nH]c1=O. The van der Waals surface area contributed by atoms with Crippen molar-refractivity contribution < 1.29 is 20.1 Å². The van der Waals surface area contributed by atoms with Crippen LogP contribution in [-0.4, -0.2) is 36.9 Å². The molecule has 0 aromatic carbocycles. The average molecular weight is 354 g/mol. The van der Waals surface area contributed by atoms with Gasteiger partial charge in [0.2, 0.25) is 5.88 Å². The van der Waals surface area contributed by atoms with Crippen LogP contribution >= 0.6 is 0 Å². The number of aliphatic carboxylic acids is 1. The van der Waals surface area contributed by atoms with Gasteiger partial charge in [0.05, 0.1) is 11.8 Å². The fourth-order valence-corrected chi connectivity index (χ4v) is 2.67. The van der Waals surface area contributed by atoms with Gasteiger partial charge in [-0.3, -0.25) is 14.3 Å². The summed E-state index contributed by atoms with van der Waals surface area (Å²) in [5, 5.41) is 28.4. The number of aromatic nitrogens is 2. The van der Waals surface area contributed by atoms with E-state index in [4.69, 9.17) is 5.11 Å². The van der Waals surface area contributed by atoms with Crippen LogP contribution in [0, 0.1) is 0 Å². The number of imidazole rings is 1. The van der Waals surface area contributed by atoms with Crippen LogP contribution in [0.3, 0.4) is 0 Å². The number of aromatic amines is 1. The Hall–Kier alpha value is -2.02. The highest BCUT2D eigenvalue weighted by molar-refractivity contribution is 5.66. The molecule has 0 saturated heterocycles. The Balaban J connectivity index is 2.53. The van der Waals surface area contributed by atoms with Gasteiger partial charge in [-0.1, -0.05) is 38.3 Å². The lowest BCUT2D eigenvalue weighted by molar-refractivity contribution is -0.137. The van der Waals surface area contributed by atoms with Crippen LogP contribution in [0.2, 0.25) is 0 Å². The molecule has 7 nitrogen and oxygen atoms in total. The van der Waals surface area contributed by atoms with E-state index in [2.05, 4.69) is 11.9 Å². The molecule has 1 unspecified atom stereocenters. The van der Waals surface area contributed by atoms with Gasteiger partial charge in [0.15, 0.2) is 0 Å². The van der Waals surface area contributed by atoms with Crippen molar-refractivity contribution in [3.8, 4) is 5.88 Å². The minimum absolute atomic E-state index is 0.125. The number of H-pyrrole nitrogens is 1. The Morgan fingerprint density at radius 1 is 1.24 bits per heavy atom. The molecule has 1 rings (SSSR count). The fourth-order valence-electron chi connectivity index (χ4n) is 2.67. The molecule has 0 aliphatic carbocycles. The second-order valence-corrected chi connectivity index (χ2v) is 6.28. The zero-order valence-electron chi connectivity index (χ0n) is 14.9. The molecular formula is C18H30N2O5. The first-order chi connectivity index (χ1) is 12.0. The first-order valence-electron chi connectivity index (χ1n) is 9.01. The Labute approximate surface area is 148 Å². The van der Waals surface area contributed by atoms with Crippen LogP contribution in [0.1, 0.15) is 64.0 Å². The monoisotopic (exact) mass is 354 g/mol. The zero-order valence-corrected chi connectivity index (χ0v) is 14.9. The Morgan fingerprint density at radius 2 is 2.00 bits per heavy atom. The molecular weight excluding hydrogens is 324 g/mol. The highest BCUT2D eigenvalue weighted by Gasteiger charge is 2.13. The average Bonchev–Trinajstić information content (AvgIpc) is 2.82. The van der Waals surface area contributed by atoms with E-state index in [0.29, 0.717) is 37.9 Å². The van der Waals surface area contributed by atoms with E-state index in [9.17, 15) is 19.8 Å². The summed E-state index contributed by atoms with van der Waals surface area (Å²) in [6, 6.07) is 0. The third kappa shape index (κ3) is 8.07. The van der Waals surface area contributed by atoms with Gasteiger partial charge < -0.3 is 15.3 Å². The molecule has 142 valence electrons. The van der Waals surface area contributed by atoms with E-state index in [1.54, 1.807) is 0 Å². The quantitative estimate of drug-likeness (QED) is 0.321. The first-order valence-corrected chi connectivity index (χ1v) is 9.01. The van der Waals surface area contributed by atoms with Gasteiger partial charge in [-0.15, -0.1) is 0 Å². The van der Waals surface area contributed by atoms with Crippen LogP contribution in [0.5, 0.6) is 5.88 Å². The number of aliphatic hydroxyl groups is 1. The highest BCUT2D eigenvalue weighted by atomic mass is 16.4. The maximum Gasteiger partial charge on any atom is 0.328 e. The maximum absolute atomic E-state index is 11.9. The lowest BCUT2D eigenvalue weighted by Crippen LogP contribution is -2.22. The summed E-state index contributed by atoms with van der Waals surface area (Å²) in [6.07, 6.45) is 9.26. The molecule has 0 aliphatic rings. The number of nitrogens with zero attached hydrogens (tertiary/aromatic N) is 1. The van der Waals surface area contributed by atoms with E-state index < -0.39 is 12.1 Å². The summed E-state index contributed by atoms with van der Waals surface area (Å²) in [6.45, 7) is 2.46. The van der Waals surface area contributed by atoms with Crippen LogP contribution in [0.15, 0.2) is 16.9 Å². The van der Waals surface area contributed by atoms with Crippen LogP contribution in [0.25, 0.3) is 0 Å². The van der Waals surface area contributed by atoms with Gasteiger partial charge in [-0.25, -0.2) is 4.79 Å². The summed E-state index contributed by atoms with van der Waals surface area (Å²) in [5.74, 6) is -0.969. The van der Waals surface area contributed by atoms with Gasteiger partial charge in [0.25, 0.3) is 0 Å². The molecule has 25 heavy (non-hydrogen) atoms. The van der Waals surface area contributed by atoms with Crippen LogP contribution in [-0.2, 0) is 17.8 Å². The molecule has 0 saturated carbocycles. The molecule has 1 aromatic heterocycles. The number of carboxylic acids is 1. The predicted octanol–water partition coefficient (Wildman–Crippen LogP) is 2.57. The zero-order chi connectivity index (χ0) is 18.7. The molecule has 1 atom stereocenters. The molecule has 0 bridgehead atoms. The van der Waals surface area contributed by atoms with Crippen molar-refractivity contribution in [1.29, 1.82) is 0 Å². The second kappa shape index (κ2) is 11.5. The minimum atomic E-state index is -0.817. The van der Waals surface area contributed by atoms with Crippen molar-refractivity contribution >= 4 is 5.97 Å². The third-order valence-corrected chi connectivity index (χ3v) is 4.14. The van der Waals surface area contributed by atoms with Gasteiger partial charge in [-0.05, 0) is 25.7 Å². The molecule has 0 amide bonds. The lowest BCUT2D eigenvalue weighted by atomic mass is 10.1. The Morgan fingerprint density at radius 3 is 2.68 bits per heavy atom. The summed E-state index contributed by atoms with van der Waals surface area (Å²) in [7, 11) is 0. The molecule has 7 heteroatoms. The van der Waals surface area contributed by atoms with Crippen molar-refractivity contribution in [2.75, 3.05) is 0 Å². The number of aromatic hydroxyl groups is 1. The lowest BCUT2D eigenvalue weighted by Gasteiger charge is -2.11. The molecule has 1 aromatic rings. The highest BCUT2D eigenvalue weighted by Crippen LogP contribution is 2.15. The molecule has 0 aliphatic heterocycles. The normalized spacial score (nSPS) is 12.7. The second-order valence-electron chi connectivity index (χ2n) is 6.28. The molecule has 0 fully saturated rings. The molecule has 0 spiro atoms. The molecule has 4 N–H and O–H groups in total. The topological polar surface area (TPSA) is 116 Å². The summed E-state index contributed by atoms with van der Waals surface area (Å²) in [4.78, 5) is 24.7. The van der Waals surface area contributed by atoms with E-state index in [1.807, 2.05) is 12.2 Å². The summed E-state index contributed by atoms with van der Waals surface area (Å²) in [5.41, 5.74) is 0.104. The number of unbranched alkanes of at least 4 members (excludes halogenated alkanes) is 3. The number of hydrogen-bond donors (Lipinski definition) is 4. The van der Waals surface area contributed by atoms with E-state index in [1.165, 1.54) is 4.57 Å². The predicted molar refractivity (Wildman–Crippen MR) is 95.8 cm³/mol. The van der Waals surface area contributed by atoms with E-state index in [-0.39, 0.29) is 18.0 Å². The van der Waals surface area contributed by atoms with Gasteiger partial charge in [0, 0.05) is 19.4 Å². The Bertz CT molecular complexity index is 603. The van der Waals surface area contributed by atoms with Crippen molar-refractivity contribution in [1.82, 2.24) is 9.55 Å². The summed E-state index contributed by atoms with van der Waals surface area (Å²) >= 11 is 0. The number of carbonyl (C=O) groups is 1. The third-order valence-electron chi connectivity index (χ3n) is 4.14. The van der Waals surface area contributed by atoms with E-state index >= 15 is 0 Å². The van der Waals surface area contributed by atoms with Crippen LogP contribution in [0.4, 0.5) is 0 Å². The standard InChI is InChI=1S/C18H30N2O5/c1-2-3-6-9-14(21)12-13-20-15(17(24)19-18(20)25)10-7-4-5-8-11-16(22)23/h4,7,14,21,24H,2-3,5-6,8-13H2,1H3,(H,19,25)(H,22,23). The van der Waals surface area contributed by atoms with Gasteiger partial charge >= 0.3 is 11.7 Å². The van der Waals surface area contributed by atoms with E-state index in [0.717, 1.165) is 25.7 Å². The van der Waals surface area contributed by atoms with Crippen molar-refractivity contribution in [3.05, 3.63) is 28.3 Å². The largest absolute Gasteiger partial charge is 0.493 e. The number of nitrogens with one attached hydrogen (secondary N) is 1. The fraction of sp³-hybridized carbons (Fsp3) is 0.667. The number of allylic oxidation sites excluding steroid dienone is 2. The van der Waals surface area contributed by atoms with Crippen molar-refractivity contribution in [3.63, 3.8) is 0 Å². The molecule has 0 radical (unpaired) electrons. The smallest absolute Gasteiger partial charge is 0.328 e. The van der Waals surface area contributed by atoms with Gasteiger partial charge in [0.1, 0.15) is 0 Å². The maximum atomic E-state index is 11.9. The molecule has 1 heterocycles. The number of aliphatic hydroxyl groups excluding tert-OH is 1. The number of rotatable bonds is 13.